The maximum absolute atomic E-state index is 13.1. The molecule has 0 aromatic heterocycles. The van der Waals surface area contributed by atoms with Crippen molar-refractivity contribution in [1.82, 2.24) is 0 Å². The average molecular weight is 227 g/mol. The zero-order valence-corrected chi connectivity index (χ0v) is 10.1. The fraction of sp³-hybridized carbons (Fsp3) is 0.500. The van der Waals surface area contributed by atoms with E-state index >= 15 is 0 Å². The second kappa shape index (κ2) is 6.13. The van der Waals surface area contributed by atoms with Crippen molar-refractivity contribution in [2.24, 2.45) is 5.73 Å². The lowest BCUT2D eigenvalue weighted by molar-refractivity contribution is 0.620. The maximum Gasteiger partial charge on any atom is 0.123 e. The molecule has 1 nitrogen and oxygen atoms in total. The number of thioether (sulfide) groups is 1. The summed E-state index contributed by atoms with van der Waals surface area (Å²) in [4.78, 5) is 1.16. The highest BCUT2D eigenvalue weighted by molar-refractivity contribution is 7.99. The fourth-order valence-electron chi connectivity index (χ4n) is 1.41. The lowest BCUT2D eigenvalue weighted by Crippen LogP contribution is -2.18. The van der Waals surface area contributed by atoms with Crippen LogP contribution in [0.2, 0.25) is 0 Å². The summed E-state index contributed by atoms with van der Waals surface area (Å²) < 4.78 is 13.1. The SMILES string of the molecule is CCCSc1ccc(F)cc1CC(C)N. The summed E-state index contributed by atoms with van der Waals surface area (Å²) in [6.45, 7) is 4.08. The van der Waals surface area contributed by atoms with Crippen LogP contribution in [0.25, 0.3) is 0 Å². The van der Waals surface area contributed by atoms with Crippen LogP contribution >= 0.6 is 11.8 Å². The number of nitrogens with two attached hydrogens (primary N) is 1. The van der Waals surface area contributed by atoms with Gasteiger partial charge < -0.3 is 5.73 Å². The normalized spacial score (nSPS) is 12.8. The molecule has 84 valence electrons. The minimum Gasteiger partial charge on any atom is -0.328 e. The molecule has 1 aromatic carbocycles. The second-order valence-corrected chi connectivity index (χ2v) is 4.92. The first-order valence-corrected chi connectivity index (χ1v) is 6.29. The quantitative estimate of drug-likeness (QED) is 0.782. The van der Waals surface area contributed by atoms with Gasteiger partial charge in [0.25, 0.3) is 0 Å². The predicted octanol–water partition coefficient (Wildman–Crippen LogP) is 3.22. The van der Waals surface area contributed by atoms with Crippen LogP contribution in [0.15, 0.2) is 23.1 Å². The Bertz CT molecular complexity index is 312. The zero-order valence-electron chi connectivity index (χ0n) is 9.29. The van der Waals surface area contributed by atoms with Gasteiger partial charge in [0.15, 0.2) is 0 Å². The first-order valence-electron chi connectivity index (χ1n) is 5.30. The highest BCUT2D eigenvalue weighted by Crippen LogP contribution is 2.25. The lowest BCUT2D eigenvalue weighted by Gasteiger charge is -2.11. The Morgan fingerprint density at radius 1 is 1.47 bits per heavy atom. The summed E-state index contributed by atoms with van der Waals surface area (Å²) in [6, 6.07) is 5.05. The van der Waals surface area contributed by atoms with Gasteiger partial charge in [-0.05, 0) is 49.3 Å². The summed E-state index contributed by atoms with van der Waals surface area (Å²) in [7, 11) is 0. The van der Waals surface area contributed by atoms with E-state index in [2.05, 4.69) is 6.92 Å². The lowest BCUT2D eigenvalue weighted by atomic mass is 10.1. The van der Waals surface area contributed by atoms with E-state index in [1.54, 1.807) is 17.8 Å². The molecule has 1 rings (SSSR count). The van der Waals surface area contributed by atoms with Crippen LogP contribution in [0, 0.1) is 5.82 Å². The molecule has 0 heterocycles. The highest BCUT2D eigenvalue weighted by Gasteiger charge is 2.06. The van der Waals surface area contributed by atoms with Crippen molar-refractivity contribution >= 4 is 11.8 Å². The number of hydrogen-bond acceptors (Lipinski definition) is 2. The summed E-state index contributed by atoms with van der Waals surface area (Å²) in [5.41, 5.74) is 6.77. The van der Waals surface area contributed by atoms with Crippen molar-refractivity contribution in [1.29, 1.82) is 0 Å². The van der Waals surface area contributed by atoms with Crippen molar-refractivity contribution in [3.63, 3.8) is 0 Å². The molecule has 0 bridgehead atoms. The third kappa shape index (κ3) is 4.22. The first kappa shape index (κ1) is 12.5. The number of rotatable bonds is 5. The minimum atomic E-state index is -0.175. The first-order chi connectivity index (χ1) is 7.13. The monoisotopic (exact) mass is 227 g/mol. The van der Waals surface area contributed by atoms with Gasteiger partial charge in [-0.1, -0.05) is 6.92 Å². The third-order valence-corrected chi connectivity index (χ3v) is 3.35. The number of benzene rings is 1. The Morgan fingerprint density at radius 3 is 2.80 bits per heavy atom. The van der Waals surface area contributed by atoms with Gasteiger partial charge in [-0.25, -0.2) is 4.39 Å². The van der Waals surface area contributed by atoms with Gasteiger partial charge in [0.2, 0.25) is 0 Å². The Hall–Kier alpha value is -0.540. The molecule has 0 radical (unpaired) electrons. The maximum atomic E-state index is 13.1. The summed E-state index contributed by atoms with van der Waals surface area (Å²) in [5.74, 6) is 0.893. The molecular formula is C12H18FNS. The van der Waals surface area contributed by atoms with Crippen molar-refractivity contribution in [2.45, 2.75) is 37.6 Å². The Morgan fingerprint density at radius 2 is 2.20 bits per heavy atom. The van der Waals surface area contributed by atoms with Crippen molar-refractivity contribution < 1.29 is 4.39 Å². The van der Waals surface area contributed by atoms with Crippen LogP contribution in [-0.4, -0.2) is 11.8 Å². The Kier molecular flexibility index (Phi) is 5.12. The Labute approximate surface area is 95.2 Å². The van der Waals surface area contributed by atoms with E-state index in [0.29, 0.717) is 0 Å². The molecule has 0 aliphatic carbocycles. The molecule has 3 heteroatoms. The van der Waals surface area contributed by atoms with E-state index in [-0.39, 0.29) is 11.9 Å². The number of halogens is 1. The standard InChI is InChI=1S/C12H18FNS/c1-3-6-15-12-5-4-11(13)8-10(12)7-9(2)14/h4-5,8-9H,3,6-7,14H2,1-2H3. The van der Waals surface area contributed by atoms with Crippen LogP contribution in [0.1, 0.15) is 25.8 Å². The van der Waals surface area contributed by atoms with E-state index in [9.17, 15) is 4.39 Å². The molecular weight excluding hydrogens is 209 g/mol. The average Bonchev–Trinajstić information content (AvgIpc) is 2.16. The van der Waals surface area contributed by atoms with E-state index in [4.69, 9.17) is 5.73 Å². The van der Waals surface area contributed by atoms with E-state index in [0.717, 1.165) is 29.1 Å². The van der Waals surface area contributed by atoms with Crippen LogP contribution in [-0.2, 0) is 6.42 Å². The molecule has 1 aromatic rings. The van der Waals surface area contributed by atoms with Gasteiger partial charge in [-0.2, -0.15) is 0 Å². The van der Waals surface area contributed by atoms with Crippen LogP contribution in [0.4, 0.5) is 4.39 Å². The largest absolute Gasteiger partial charge is 0.328 e. The topological polar surface area (TPSA) is 26.0 Å². The molecule has 0 aliphatic rings. The minimum absolute atomic E-state index is 0.0766. The fourth-order valence-corrected chi connectivity index (χ4v) is 2.32. The molecule has 0 saturated heterocycles. The van der Waals surface area contributed by atoms with Gasteiger partial charge in [-0.15, -0.1) is 11.8 Å². The molecule has 0 spiro atoms. The molecule has 0 aliphatic heterocycles. The molecule has 1 unspecified atom stereocenters. The van der Waals surface area contributed by atoms with Gasteiger partial charge in [0, 0.05) is 10.9 Å². The van der Waals surface area contributed by atoms with Gasteiger partial charge in [-0.3, -0.25) is 0 Å². The van der Waals surface area contributed by atoms with Crippen molar-refractivity contribution in [3.05, 3.63) is 29.6 Å². The predicted molar refractivity (Wildman–Crippen MR) is 64.8 cm³/mol. The molecule has 0 saturated carbocycles. The zero-order chi connectivity index (χ0) is 11.3. The van der Waals surface area contributed by atoms with Crippen molar-refractivity contribution in [2.75, 3.05) is 5.75 Å². The molecule has 0 amide bonds. The number of hydrogen-bond donors (Lipinski definition) is 1. The van der Waals surface area contributed by atoms with Crippen molar-refractivity contribution in [3.8, 4) is 0 Å². The summed E-state index contributed by atoms with van der Waals surface area (Å²) in [5, 5.41) is 0. The molecule has 2 N–H and O–H groups in total. The van der Waals surface area contributed by atoms with Crippen LogP contribution in [0.5, 0.6) is 0 Å². The molecule has 0 fully saturated rings. The highest BCUT2D eigenvalue weighted by atomic mass is 32.2. The van der Waals surface area contributed by atoms with Crippen LogP contribution < -0.4 is 5.73 Å². The molecule has 1 atom stereocenters. The Balaban J connectivity index is 2.82. The van der Waals surface area contributed by atoms with E-state index in [1.165, 1.54) is 6.07 Å². The van der Waals surface area contributed by atoms with Gasteiger partial charge >= 0.3 is 0 Å². The summed E-state index contributed by atoms with van der Waals surface area (Å²) in [6.07, 6.45) is 1.86. The van der Waals surface area contributed by atoms with Crippen LogP contribution in [0.3, 0.4) is 0 Å². The van der Waals surface area contributed by atoms with Gasteiger partial charge in [0.1, 0.15) is 5.82 Å². The second-order valence-electron chi connectivity index (χ2n) is 3.78. The summed E-state index contributed by atoms with van der Waals surface area (Å²) >= 11 is 1.78. The molecule has 15 heavy (non-hydrogen) atoms. The smallest absolute Gasteiger partial charge is 0.123 e. The van der Waals surface area contributed by atoms with E-state index in [1.807, 2.05) is 13.0 Å². The third-order valence-electron chi connectivity index (χ3n) is 2.03. The van der Waals surface area contributed by atoms with E-state index < -0.39 is 0 Å². The van der Waals surface area contributed by atoms with Gasteiger partial charge in [0.05, 0.1) is 0 Å².